The van der Waals surface area contributed by atoms with Crippen LogP contribution in [0.4, 0.5) is 4.39 Å². The average Bonchev–Trinajstić information content (AvgIpc) is 2.47. The zero-order valence-corrected chi connectivity index (χ0v) is 14.4. The van der Waals surface area contributed by atoms with Crippen LogP contribution in [0.1, 0.15) is 25.7 Å². The van der Waals surface area contributed by atoms with Crippen molar-refractivity contribution in [1.29, 1.82) is 0 Å². The fourth-order valence-electron chi connectivity index (χ4n) is 1.47. The molecule has 0 aromatic rings. The van der Waals surface area contributed by atoms with Crippen LogP contribution < -0.4 is 0 Å². The molecule has 0 fully saturated rings. The molecule has 0 amide bonds. The molecular weight excluding hydrogens is 378 g/mol. The largest absolute Gasteiger partial charge is 0.379 e. The van der Waals surface area contributed by atoms with Crippen molar-refractivity contribution in [3.05, 3.63) is 0 Å². The van der Waals surface area contributed by atoms with Crippen LogP contribution in [0.25, 0.3) is 0 Å². The molecule has 0 bridgehead atoms. The average molecular weight is 406 g/mol. The SMILES string of the molecule is FCCOCCOCCOCCOCCCCCCI. The van der Waals surface area contributed by atoms with Crippen LogP contribution >= 0.6 is 22.6 Å². The van der Waals surface area contributed by atoms with Crippen molar-refractivity contribution in [3.63, 3.8) is 0 Å². The lowest BCUT2D eigenvalue weighted by molar-refractivity contribution is -0.00327. The molecule has 0 saturated heterocycles. The molecule has 0 heterocycles. The first-order chi connectivity index (χ1) is 9.91. The summed E-state index contributed by atoms with van der Waals surface area (Å²) in [6.45, 7) is 3.80. The van der Waals surface area contributed by atoms with Crippen molar-refractivity contribution in [2.75, 3.05) is 64.0 Å². The predicted octanol–water partition coefficient (Wildman–Crippen LogP) is 3.02. The Kier molecular flexibility index (Phi) is 20.0. The van der Waals surface area contributed by atoms with Crippen LogP contribution in [0.15, 0.2) is 0 Å². The molecule has 0 aromatic heterocycles. The second-order valence-electron chi connectivity index (χ2n) is 4.24. The maximum Gasteiger partial charge on any atom is 0.113 e. The minimum atomic E-state index is -0.443. The van der Waals surface area contributed by atoms with E-state index in [-0.39, 0.29) is 6.61 Å². The van der Waals surface area contributed by atoms with Crippen molar-refractivity contribution in [1.82, 2.24) is 0 Å². The first-order valence-corrected chi connectivity index (χ1v) is 8.87. The van der Waals surface area contributed by atoms with Gasteiger partial charge in [-0.25, -0.2) is 4.39 Å². The molecule has 0 aromatic carbocycles. The second kappa shape index (κ2) is 19.5. The van der Waals surface area contributed by atoms with Gasteiger partial charge in [0.05, 0.1) is 46.2 Å². The second-order valence-corrected chi connectivity index (χ2v) is 5.32. The minimum absolute atomic E-state index is 0.148. The quantitative estimate of drug-likeness (QED) is 0.212. The molecule has 0 aliphatic carbocycles. The maximum atomic E-state index is 11.7. The van der Waals surface area contributed by atoms with Gasteiger partial charge < -0.3 is 18.9 Å². The topological polar surface area (TPSA) is 36.9 Å². The van der Waals surface area contributed by atoms with Gasteiger partial charge in [0.25, 0.3) is 0 Å². The van der Waals surface area contributed by atoms with Gasteiger partial charge in [0, 0.05) is 6.61 Å². The molecule has 6 heteroatoms. The number of hydrogen-bond acceptors (Lipinski definition) is 4. The maximum absolute atomic E-state index is 11.7. The Balaban J connectivity index is 2.89. The van der Waals surface area contributed by atoms with E-state index in [2.05, 4.69) is 22.6 Å². The Morgan fingerprint density at radius 3 is 1.50 bits per heavy atom. The fraction of sp³-hybridized carbons (Fsp3) is 1.00. The van der Waals surface area contributed by atoms with Gasteiger partial charge in [-0.3, -0.25) is 0 Å². The zero-order chi connectivity index (χ0) is 14.7. The lowest BCUT2D eigenvalue weighted by atomic mass is 10.2. The van der Waals surface area contributed by atoms with Crippen LogP contribution in [0.3, 0.4) is 0 Å². The van der Waals surface area contributed by atoms with Crippen molar-refractivity contribution in [3.8, 4) is 0 Å². The lowest BCUT2D eigenvalue weighted by Gasteiger charge is -2.07. The van der Waals surface area contributed by atoms with Crippen LogP contribution in [0, 0.1) is 0 Å². The number of hydrogen-bond donors (Lipinski definition) is 0. The molecule has 0 radical (unpaired) electrons. The highest BCUT2D eigenvalue weighted by Gasteiger charge is 1.93. The van der Waals surface area contributed by atoms with Crippen LogP contribution in [0.2, 0.25) is 0 Å². The van der Waals surface area contributed by atoms with E-state index in [4.69, 9.17) is 18.9 Å². The number of ether oxygens (including phenoxy) is 4. The molecule has 0 saturated carbocycles. The van der Waals surface area contributed by atoms with Gasteiger partial charge in [0.1, 0.15) is 6.67 Å². The minimum Gasteiger partial charge on any atom is -0.379 e. The molecule has 4 nitrogen and oxygen atoms in total. The van der Waals surface area contributed by atoms with Gasteiger partial charge in [0.15, 0.2) is 0 Å². The highest BCUT2D eigenvalue weighted by Crippen LogP contribution is 2.02. The third kappa shape index (κ3) is 18.5. The molecule has 0 aliphatic heterocycles. The summed E-state index contributed by atoms with van der Waals surface area (Å²) in [5.41, 5.74) is 0. The third-order valence-corrected chi connectivity index (χ3v) is 3.27. The summed E-state index contributed by atoms with van der Waals surface area (Å²) in [4.78, 5) is 0. The summed E-state index contributed by atoms with van der Waals surface area (Å²) in [6.07, 6.45) is 5.00. The van der Waals surface area contributed by atoms with Gasteiger partial charge in [0.2, 0.25) is 0 Å². The van der Waals surface area contributed by atoms with Gasteiger partial charge in [-0.1, -0.05) is 35.4 Å². The first-order valence-electron chi connectivity index (χ1n) is 7.34. The molecular formula is C14H28FIO4. The summed E-state index contributed by atoms with van der Waals surface area (Å²) in [5, 5.41) is 0. The summed E-state index contributed by atoms with van der Waals surface area (Å²) < 4.78 is 33.9. The summed E-state index contributed by atoms with van der Waals surface area (Å²) in [5.74, 6) is 0. The van der Waals surface area contributed by atoms with E-state index in [1.807, 2.05) is 0 Å². The Bertz CT molecular complexity index is 157. The zero-order valence-electron chi connectivity index (χ0n) is 12.3. The van der Waals surface area contributed by atoms with E-state index in [1.54, 1.807) is 0 Å². The first kappa shape index (κ1) is 20.5. The number of halogens is 2. The van der Waals surface area contributed by atoms with Crippen molar-refractivity contribution >= 4 is 22.6 Å². The number of rotatable bonds is 17. The molecule has 0 rings (SSSR count). The molecule has 0 N–H and O–H groups in total. The molecule has 0 unspecified atom stereocenters. The summed E-state index contributed by atoms with van der Waals surface area (Å²) >= 11 is 2.41. The highest BCUT2D eigenvalue weighted by atomic mass is 127. The van der Waals surface area contributed by atoms with E-state index in [0.717, 1.165) is 13.0 Å². The highest BCUT2D eigenvalue weighted by molar-refractivity contribution is 14.1. The van der Waals surface area contributed by atoms with E-state index < -0.39 is 6.67 Å². The van der Waals surface area contributed by atoms with Crippen LogP contribution in [0.5, 0.6) is 0 Å². The fourth-order valence-corrected chi connectivity index (χ4v) is 2.01. The van der Waals surface area contributed by atoms with Crippen molar-refractivity contribution < 1.29 is 23.3 Å². The lowest BCUT2D eigenvalue weighted by Crippen LogP contribution is -2.12. The Morgan fingerprint density at radius 1 is 0.550 bits per heavy atom. The van der Waals surface area contributed by atoms with Gasteiger partial charge in [-0.05, 0) is 17.3 Å². The van der Waals surface area contributed by atoms with Crippen molar-refractivity contribution in [2.24, 2.45) is 0 Å². The monoisotopic (exact) mass is 406 g/mol. The van der Waals surface area contributed by atoms with E-state index >= 15 is 0 Å². The third-order valence-electron chi connectivity index (χ3n) is 2.51. The van der Waals surface area contributed by atoms with E-state index in [1.165, 1.54) is 23.7 Å². The Hall–Kier alpha value is 0.500. The van der Waals surface area contributed by atoms with E-state index in [9.17, 15) is 4.39 Å². The smallest absolute Gasteiger partial charge is 0.113 e. The Morgan fingerprint density at radius 2 is 1.00 bits per heavy atom. The summed E-state index contributed by atoms with van der Waals surface area (Å²) in [6, 6.07) is 0. The van der Waals surface area contributed by atoms with Crippen molar-refractivity contribution in [2.45, 2.75) is 25.7 Å². The Labute approximate surface area is 135 Å². The van der Waals surface area contributed by atoms with Crippen LogP contribution in [-0.4, -0.2) is 64.0 Å². The molecule has 0 spiro atoms. The van der Waals surface area contributed by atoms with E-state index in [0.29, 0.717) is 39.6 Å². The number of unbranched alkanes of at least 4 members (excludes halogenated alkanes) is 3. The molecule has 122 valence electrons. The van der Waals surface area contributed by atoms with Gasteiger partial charge in [-0.2, -0.15) is 0 Å². The summed E-state index contributed by atoms with van der Waals surface area (Å²) in [7, 11) is 0. The molecule has 0 aliphatic rings. The predicted molar refractivity (Wildman–Crippen MR) is 86.6 cm³/mol. The van der Waals surface area contributed by atoms with Crippen LogP contribution in [-0.2, 0) is 18.9 Å². The molecule has 0 atom stereocenters. The standard InChI is InChI=1S/C14H28FIO4/c15-5-8-18-10-12-20-14-13-19-11-9-17-7-4-2-1-3-6-16/h1-14H2. The van der Waals surface area contributed by atoms with Gasteiger partial charge >= 0.3 is 0 Å². The molecule has 20 heavy (non-hydrogen) atoms. The van der Waals surface area contributed by atoms with Gasteiger partial charge in [-0.15, -0.1) is 0 Å². The number of alkyl halides is 2. The normalized spacial score (nSPS) is 11.1.